The second kappa shape index (κ2) is 6.55. The Morgan fingerprint density at radius 1 is 1.20 bits per heavy atom. The molecule has 0 saturated heterocycles. The molecule has 2 rings (SSSR count). The second-order valence-corrected chi connectivity index (χ2v) is 9.07. The lowest BCUT2D eigenvalue weighted by molar-refractivity contribution is 0.581. The number of rotatable bonds is 6. The van der Waals surface area contributed by atoms with Gasteiger partial charge >= 0.3 is 0 Å². The third-order valence-corrected chi connectivity index (χ3v) is 6.57. The fraction of sp³-hybridized carbons (Fsp3) is 0.333. The van der Waals surface area contributed by atoms with E-state index >= 15 is 0 Å². The van der Waals surface area contributed by atoms with E-state index in [9.17, 15) is 8.42 Å². The molecule has 0 atom stereocenters. The zero-order chi connectivity index (χ0) is 14.8. The van der Waals surface area contributed by atoms with Gasteiger partial charge in [0.15, 0.2) is 0 Å². The van der Waals surface area contributed by atoms with E-state index in [4.69, 9.17) is 11.6 Å². The van der Waals surface area contributed by atoms with Gasteiger partial charge in [0, 0.05) is 27.7 Å². The Morgan fingerprint density at radius 3 is 2.55 bits per heavy atom. The van der Waals surface area contributed by atoms with Crippen LogP contribution < -0.4 is 10.0 Å². The highest BCUT2D eigenvalue weighted by molar-refractivity contribution is 7.89. The molecule has 0 aliphatic heterocycles. The number of sulfonamides is 1. The van der Waals surface area contributed by atoms with E-state index in [-0.39, 0.29) is 6.54 Å². The van der Waals surface area contributed by atoms with E-state index in [1.807, 2.05) is 20.0 Å². The summed E-state index contributed by atoms with van der Waals surface area (Å²) in [7, 11) is -1.65. The average Bonchev–Trinajstić information content (AvgIpc) is 2.94. The Balaban J connectivity index is 2.13. The molecular weight excluding hydrogens is 336 g/mol. The maximum atomic E-state index is 12.3. The van der Waals surface area contributed by atoms with Crippen LogP contribution in [0.25, 0.3) is 0 Å². The van der Waals surface area contributed by atoms with Gasteiger partial charge < -0.3 is 5.32 Å². The van der Waals surface area contributed by atoms with Gasteiger partial charge in [-0.25, -0.2) is 13.1 Å². The molecule has 4 nitrogen and oxygen atoms in total. The molecule has 0 amide bonds. The van der Waals surface area contributed by atoms with Crippen molar-refractivity contribution in [2.75, 3.05) is 7.05 Å². The van der Waals surface area contributed by atoms with Crippen LogP contribution in [-0.4, -0.2) is 15.5 Å². The Bertz CT molecular complexity index is 691. The van der Waals surface area contributed by atoms with Crippen molar-refractivity contribution in [2.24, 2.45) is 0 Å². The lowest BCUT2D eigenvalue weighted by Gasteiger charge is -2.04. The van der Waals surface area contributed by atoms with Crippen molar-refractivity contribution in [3.8, 4) is 0 Å². The fourth-order valence-electron chi connectivity index (χ4n) is 1.74. The third-order valence-electron chi connectivity index (χ3n) is 2.63. The Labute approximate surface area is 131 Å². The Kier molecular flexibility index (Phi) is 5.22. The highest BCUT2D eigenvalue weighted by atomic mass is 35.5. The molecule has 0 aromatic carbocycles. The summed E-state index contributed by atoms with van der Waals surface area (Å²) in [6.45, 7) is 2.75. The van der Waals surface area contributed by atoms with Gasteiger partial charge in [0.1, 0.15) is 0 Å². The van der Waals surface area contributed by atoms with Gasteiger partial charge in [0.25, 0.3) is 0 Å². The minimum atomic E-state index is -3.48. The SMILES string of the molecule is CNCc1cc(S(=O)(=O)NCc2ccc(Cl)s2)c(C)s1. The van der Waals surface area contributed by atoms with E-state index < -0.39 is 10.0 Å². The summed E-state index contributed by atoms with van der Waals surface area (Å²) in [5.41, 5.74) is 0. The Morgan fingerprint density at radius 2 is 1.95 bits per heavy atom. The number of hydrogen-bond acceptors (Lipinski definition) is 5. The fourth-order valence-corrected chi connectivity index (χ4v) is 5.51. The first-order chi connectivity index (χ1) is 9.42. The van der Waals surface area contributed by atoms with Crippen molar-refractivity contribution in [2.45, 2.75) is 24.9 Å². The summed E-state index contributed by atoms with van der Waals surface area (Å²) in [6, 6.07) is 5.30. The second-order valence-electron chi connectivity index (χ2n) is 4.19. The van der Waals surface area contributed by atoms with Crippen molar-refractivity contribution >= 4 is 44.3 Å². The minimum Gasteiger partial charge on any atom is -0.315 e. The number of halogens is 1. The van der Waals surface area contributed by atoms with Crippen molar-refractivity contribution in [3.63, 3.8) is 0 Å². The molecule has 2 aromatic rings. The summed E-state index contributed by atoms with van der Waals surface area (Å²) >= 11 is 8.69. The zero-order valence-electron chi connectivity index (χ0n) is 11.1. The van der Waals surface area contributed by atoms with Gasteiger partial charge in [-0.3, -0.25) is 0 Å². The van der Waals surface area contributed by atoms with Crippen LogP contribution in [0, 0.1) is 6.92 Å². The van der Waals surface area contributed by atoms with Gasteiger partial charge in [0.05, 0.1) is 9.23 Å². The molecule has 0 saturated carbocycles. The molecule has 0 aliphatic carbocycles. The molecule has 110 valence electrons. The number of hydrogen-bond donors (Lipinski definition) is 2. The van der Waals surface area contributed by atoms with Crippen LogP contribution in [0.15, 0.2) is 23.1 Å². The normalized spacial score (nSPS) is 11.9. The molecule has 0 radical (unpaired) electrons. The van der Waals surface area contributed by atoms with Crippen LogP contribution in [0.1, 0.15) is 14.6 Å². The maximum Gasteiger partial charge on any atom is 0.242 e. The minimum absolute atomic E-state index is 0.260. The van der Waals surface area contributed by atoms with Crippen molar-refractivity contribution in [3.05, 3.63) is 37.2 Å². The molecule has 0 unspecified atom stereocenters. The molecule has 0 fully saturated rings. The molecule has 0 spiro atoms. The van der Waals surface area contributed by atoms with Crippen LogP contribution in [-0.2, 0) is 23.1 Å². The first-order valence-electron chi connectivity index (χ1n) is 5.90. The van der Waals surface area contributed by atoms with Crippen LogP contribution in [0.4, 0.5) is 0 Å². The molecule has 20 heavy (non-hydrogen) atoms. The van der Waals surface area contributed by atoms with Crippen molar-refractivity contribution < 1.29 is 8.42 Å². The van der Waals surface area contributed by atoms with E-state index in [2.05, 4.69) is 10.0 Å². The largest absolute Gasteiger partial charge is 0.315 e. The van der Waals surface area contributed by atoms with Gasteiger partial charge in [0.2, 0.25) is 10.0 Å². The molecule has 0 bridgehead atoms. The summed E-state index contributed by atoms with van der Waals surface area (Å²) in [5, 5.41) is 3.02. The molecule has 0 aliphatic rings. The Hall–Kier alpha value is -0.440. The average molecular weight is 351 g/mol. The van der Waals surface area contributed by atoms with Crippen LogP contribution in [0.3, 0.4) is 0 Å². The predicted molar refractivity (Wildman–Crippen MR) is 85.2 cm³/mol. The van der Waals surface area contributed by atoms with Gasteiger partial charge in [-0.2, -0.15) is 0 Å². The molecular formula is C12H15ClN2O2S3. The summed E-state index contributed by atoms with van der Waals surface area (Å²) in [6.07, 6.45) is 0. The molecule has 8 heteroatoms. The molecule has 2 aromatic heterocycles. The zero-order valence-corrected chi connectivity index (χ0v) is 14.3. The van der Waals surface area contributed by atoms with Crippen molar-refractivity contribution in [1.29, 1.82) is 0 Å². The molecule has 2 N–H and O–H groups in total. The lowest BCUT2D eigenvalue weighted by Crippen LogP contribution is -2.22. The highest BCUT2D eigenvalue weighted by Crippen LogP contribution is 2.26. The van der Waals surface area contributed by atoms with E-state index in [0.717, 1.165) is 14.6 Å². The highest BCUT2D eigenvalue weighted by Gasteiger charge is 2.19. The van der Waals surface area contributed by atoms with Crippen LogP contribution in [0.2, 0.25) is 4.34 Å². The van der Waals surface area contributed by atoms with E-state index in [1.165, 1.54) is 22.7 Å². The van der Waals surface area contributed by atoms with Crippen molar-refractivity contribution in [1.82, 2.24) is 10.0 Å². The quantitative estimate of drug-likeness (QED) is 0.842. The molecule has 2 heterocycles. The third kappa shape index (κ3) is 3.81. The topological polar surface area (TPSA) is 58.2 Å². The summed E-state index contributed by atoms with van der Waals surface area (Å²) < 4.78 is 27.9. The lowest BCUT2D eigenvalue weighted by atomic mass is 10.4. The first-order valence-corrected chi connectivity index (χ1v) is 9.39. The summed E-state index contributed by atoms with van der Waals surface area (Å²) in [5.74, 6) is 0. The monoisotopic (exact) mass is 350 g/mol. The standard InChI is InChI=1S/C12H15ClN2O2S3/c1-8-11(5-10(18-8)6-14-2)20(16,17)15-7-9-3-4-12(13)19-9/h3-5,14-15H,6-7H2,1-2H3. The summed E-state index contributed by atoms with van der Waals surface area (Å²) in [4.78, 5) is 3.05. The number of thiophene rings is 2. The smallest absolute Gasteiger partial charge is 0.242 e. The van der Waals surface area contributed by atoms with Gasteiger partial charge in [-0.1, -0.05) is 11.6 Å². The number of nitrogens with one attached hydrogen (secondary N) is 2. The van der Waals surface area contributed by atoms with E-state index in [1.54, 1.807) is 12.1 Å². The number of aryl methyl sites for hydroxylation is 1. The van der Waals surface area contributed by atoms with Gasteiger partial charge in [-0.05, 0) is 32.2 Å². The van der Waals surface area contributed by atoms with Gasteiger partial charge in [-0.15, -0.1) is 22.7 Å². The predicted octanol–water partition coefficient (Wildman–Crippen LogP) is 2.97. The van der Waals surface area contributed by atoms with Crippen LogP contribution in [0.5, 0.6) is 0 Å². The van der Waals surface area contributed by atoms with Crippen LogP contribution >= 0.6 is 34.3 Å². The first kappa shape index (κ1) is 15.9. The van der Waals surface area contributed by atoms with E-state index in [0.29, 0.717) is 15.8 Å². The maximum absolute atomic E-state index is 12.3.